The van der Waals surface area contributed by atoms with Gasteiger partial charge in [0.05, 0.1) is 19.8 Å². The molecule has 0 atom stereocenters. The monoisotopic (exact) mass is 508 g/mol. The van der Waals surface area contributed by atoms with Crippen molar-refractivity contribution in [3.8, 4) is 0 Å². The molecule has 0 bridgehead atoms. The van der Waals surface area contributed by atoms with E-state index in [-0.39, 0.29) is 62.5 Å². The minimum atomic E-state index is -0.440. The van der Waals surface area contributed by atoms with Crippen LogP contribution in [-0.4, -0.2) is 80.9 Å². The molecule has 0 fully saturated rings. The van der Waals surface area contributed by atoms with Gasteiger partial charge in [-0.15, -0.1) is 0 Å². The Labute approximate surface area is 184 Å². The SMILES string of the molecule is CCOC(=O)CC(C)=O.CCOC(=O)CC(C)=O.CCOC(=O)CC(C)=O.[InH3]. The van der Waals surface area contributed by atoms with Crippen LogP contribution in [0.15, 0.2) is 0 Å². The Balaban J connectivity index is -0.000000152. The Bertz CT molecular complexity index is 430. The number of Topliss-reactive ketones (excluding diaryl/α,β-unsaturated/α-hetero) is 3. The Morgan fingerprint density at radius 3 is 0.786 bits per heavy atom. The molecule has 0 amide bonds. The molecule has 0 aliphatic carbocycles. The zero-order valence-electron chi connectivity index (χ0n) is 16.9. The third-order valence-electron chi connectivity index (χ3n) is 2.10. The fourth-order valence-electron chi connectivity index (χ4n) is 1.25. The third-order valence-corrected chi connectivity index (χ3v) is 2.10. The van der Waals surface area contributed by atoms with Gasteiger partial charge in [0.25, 0.3) is 0 Å². The van der Waals surface area contributed by atoms with E-state index < -0.39 is 17.9 Å². The first-order valence-electron chi connectivity index (χ1n) is 8.45. The molecule has 0 heterocycles. The average molecular weight is 508 g/mol. The Kier molecular flexibility index (Phi) is 28.2. The van der Waals surface area contributed by atoms with Gasteiger partial charge in [0.2, 0.25) is 0 Å². The van der Waals surface area contributed by atoms with Crippen molar-refractivity contribution in [2.75, 3.05) is 19.8 Å². The zero-order valence-corrected chi connectivity index (χ0v) is 16.9. The number of hydrogen-bond donors (Lipinski definition) is 0. The number of esters is 3. The van der Waals surface area contributed by atoms with E-state index in [1.807, 2.05) is 0 Å². The second kappa shape index (κ2) is 23.3. The number of rotatable bonds is 9. The normalized spacial score (nSPS) is 8.36. The summed E-state index contributed by atoms with van der Waals surface area (Å²) in [6.07, 6.45) is -0.310. The maximum atomic E-state index is 10.4. The summed E-state index contributed by atoms with van der Waals surface area (Å²) in [5.74, 6) is -1.80. The molecule has 0 aliphatic heterocycles. The molecule has 0 aromatic rings. The summed E-state index contributed by atoms with van der Waals surface area (Å²) in [6.45, 7) is 10.2. The molecule has 0 N–H and O–H groups in total. The molecule has 0 aromatic heterocycles. The predicted molar refractivity (Wildman–Crippen MR) is 106 cm³/mol. The van der Waals surface area contributed by atoms with E-state index in [9.17, 15) is 28.8 Å². The number of hydrogen-bond acceptors (Lipinski definition) is 9. The predicted octanol–water partition coefficient (Wildman–Crippen LogP) is 0.402. The maximum absolute atomic E-state index is 10.4. The van der Waals surface area contributed by atoms with Crippen LogP contribution in [0.25, 0.3) is 0 Å². The molecule has 0 saturated heterocycles. The molecule has 0 saturated carbocycles. The van der Waals surface area contributed by atoms with Crippen LogP contribution < -0.4 is 0 Å². The first-order valence-corrected chi connectivity index (χ1v) is 8.45. The van der Waals surface area contributed by atoms with Crippen molar-refractivity contribution in [1.29, 1.82) is 0 Å². The summed E-state index contributed by atoms with van der Waals surface area (Å²) in [5, 5.41) is 0. The van der Waals surface area contributed by atoms with Gasteiger partial charge in [-0.25, -0.2) is 0 Å². The standard InChI is InChI=1S/3C6H10O3.In.3H/c3*1-3-9-6(8)4-5(2)7;;;;/h3*3-4H2,1-2H3;;;;. The number of carbonyl (C=O) groups excluding carboxylic acids is 6. The summed E-state index contributed by atoms with van der Waals surface area (Å²) in [5.41, 5.74) is 0. The summed E-state index contributed by atoms with van der Waals surface area (Å²) in [4.78, 5) is 61.9. The van der Waals surface area contributed by atoms with Crippen molar-refractivity contribution in [3.05, 3.63) is 0 Å². The summed E-state index contributed by atoms with van der Waals surface area (Å²) >= 11 is 0. The van der Waals surface area contributed by atoms with Gasteiger partial charge in [0.15, 0.2) is 0 Å². The molecule has 10 heteroatoms. The first kappa shape index (κ1) is 33.8. The van der Waals surface area contributed by atoms with Crippen LogP contribution in [0.1, 0.15) is 60.8 Å². The van der Waals surface area contributed by atoms with Gasteiger partial charge in [0, 0.05) is 0 Å². The molecular weight excluding hydrogens is 475 g/mol. The van der Waals surface area contributed by atoms with Crippen LogP contribution in [-0.2, 0) is 43.0 Å². The Hall–Kier alpha value is -1.71. The molecule has 0 radical (unpaired) electrons. The molecule has 0 spiro atoms. The fraction of sp³-hybridized carbons (Fsp3) is 0.667. The van der Waals surface area contributed by atoms with Gasteiger partial charge in [-0.05, 0) is 41.5 Å². The van der Waals surface area contributed by atoms with Crippen LogP contribution in [0, 0.1) is 0 Å². The second-order valence-corrected chi connectivity index (χ2v) is 5.05. The van der Waals surface area contributed by atoms with Crippen molar-refractivity contribution in [3.63, 3.8) is 0 Å². The van der Waals surface area contributed by atoms with Crippen molar-refractivity contribution in [1.82, 2.24) is 0 Å². The van der Waals surface area contributed by atoms with Gasteiger partial charge >= 0.3 is 43.8 Å². The number of ether oxygens (including phenoxy) is 3. The summed E-state index contributed by atoms with van der Waals surface area (Å²) in [7, 11) is 0. The first-order chi connectivity index (χ1) is 12.5. The Morgan fingerprint density at radius 1 is 0.500 bits per heavy atom. The van der Waals surface area contributed by atoms with E-state index in [0.717, 1.165) is 0 Å². The van der Waals surface area contributed by atoms with Crippen LogP contribution in [0.5, 0.6) is 0 Å². The number of carbonyl (C=O) groups is 6. The van der Waals surface area contributed by atoms with Gasteiger partial charge in [0.1, 0.15) is 36.6 Å². The van der Waals surface area contributed by atoms with Crippen LogP contribution in [0.2, 0.25) is 0 Å². The van der Waals surface area contributed by atoms with Gasteiger partial charge in [-0.2, -0.15) is 0 Å². The van der Waals surface area contributed by atoms with Gasteiger partial charge in [-0.1, -0.05) is 0 Å². The summed E-state index contributed by atoms with van der Waals surface area (Å²) < 4.78 is 13.5. The molecule has 9 nitrogen and oxygen atoms in total. The van der Waals surface area contributed by atoms with Crippen LogP contribution >= 0.6 is 0 Å². The molecule has 0 unspecified atom stereocenters. The van der Waals surface area contributed by atoms with Crippen LogP contribution in [0.3, 0.4) is 0 Å². The molecule has 0 aliphatic rings. The second-order valence-electron chi connectivity index (χ2n) is 5.05. The topological polar surface area (TPSA) is 130 Å². The van der Waals surface area contributed by atoms with Gasteiger partial charge < -0.3 is 14.2 Å². The van der Waals surface area contributed by atoms with E-state index in [0.29, 0.717) is 19.8 Å². The molecule has 28 heavy (non-hydrogen) atoms. The average Bonchev–Trinajstić information content (AvgIpc) is 2.46. The minimum absolute atomic E-state index is 0. The zero-order chi connectivity index (χ0) is 21.8. The molecular formula is C18H33InO9. The number of ketones is 3. The van der Waals surface area contributed by atoms with E-state index in [4.69, 9.17) is 0 Å². The van der Waals surface area contributed by atoms with Crippen molar-refractivity contribution in [2.24, 2.45) is 0 Å². The molecule has 0 rings (SSSR count). The van der Waals surface area contributed by atoms with E-state index in [1.165, 1.54) is 20.8 Å². The van der Waals surface area contributed by atoms with Gasteiger partial charge in [-0.3, -0.25) is 28.8 Å². The molecule has 0 aromatic carbocycles. The van der Waals surface area contributed by atoms with Crippen molar-refractivity contribution < 1.29 is 43.0 Å². The van der Waals surface area contributed by atoms with Crippen molar-refractivity contribution >= 4 is 61.1 Å². The van der Waals surface area contributed by atoms with E-state index in [2.05, 4.69) is 14.2 Å². The van der Waals surface area contributed by atoms with Crippen molar-refractivity contribution in [2.45, 2.75) is 60.8 Å². The fourth-order valence-corrected chi connectivity index (χ4v) is 1.25. The van der Waals surface area contributed by atoms with E-state index >= 15 is 0 Å². The quantitative estimate of drug-likeness (QED) is 0.247. The van der Waals surface area contributed by atoms with Crippen LogP contribution in [0.4, 0.5) is 0 Å². The Morgan fingerprint density at radius 2 is 0.679 bits per heavy atom. The molecule has 162 valence electrons. The van der Waals surface area contributed by atoms with E-state index in [1.54, 1.807) is 20.8 Å². The summed E-state index contributed by atoms with van der Waals surface area (Å²) in [6, 6.07) is 0. The third kappa shape index (κ3) is 35.4.